The third kappa shape index (κ3) is 3.83. The smallest absolute Gasteiger partial charge is 0.138 e. The first-order chi connectivity index (χ1) is 11.2. The summed E-state index contributed by atoms with van der Waals surface area (Å²) in [4.78, 5) is 10.5. The van der Waals surface area contributed by atoms with Gasteiger partial charge in [0.25, 0.3) is 0 Å². The van der Waals surface area contributed by atoms with Crippen LogP contribution >= 0.6 is 0 Å². The molecule has 1 aromatic heterocycles. The molecule has 23 heavy (non-hydrogen) atoms. The number of anilines is 3. The largest absolute Gasteiger partial charge is 0.366 e. The Kier molecular flexibility index (Phi) is 4.47. The highest BCUT2D eigenvalue weighted by atomic mass is 19.1. The van der Waals surface area contributed by atoms with Crippen molar-refractivity contribution >= 4 is 17.3 Å². The van der Waals surface area contributed by atoms with E-state index in [2.05, 4.69) is 15.3 Å². The first-order valence-corrected chi connectivity index (χ1v) is 7.31. The summed E-state index contributed by atoms with van der Waals surface area (Å²) >= 11 is 0. The number of aromatic nitrogens is 2. The van der Waals surface area contributed by atoms with Crippen molar-refractivity contribution in [2.45, 2.75) is 6.54 Å². The monoisotopic (exact) mass is 308 g/mol. The molecule has 0 saturated carbocycles. The number of para-hydroxylation sites is 1. The van der Waals surface area contributed by atoms with Gasteiger partial charge in [-0.1, -0.05) is 30.3 Å². The minimum atomic E-state index is -0.234. The Morgan fingerprint density at radius 1 is 1.00 bits per heavy atom. The van der Waals surface area contributed by atoms with E-state index >= 15 is 0 Å². The number of halogens is 1. The molecule has 1 N–H and O–H groups in total. The van der Waals surface area contributed by atoms with Crippen molar-refractivity contribution < 1.29 is 4.39 Å². The first-order valence-electron chi connectivity index (χ1n) is 7.31. The van der Waals surface area contributed by atoms with Crippen LogP contribution in [0, 0.1) is 5.82 Å². The fourth-order valence-corrected chi connectivity index (χ4v) is 2.21. The molecule has 0 bridgehead atoms. The molecule has 0 radical (unpaired) electrons. The number of nitrogens with zero attached hydrogens (tertiary/aromatic N) is 3. The molecular formula is C18H17FN4. The molecule has 1 heterocycles. The maximum absolute atomic E-state index is 12.9. The van der Waals surface area contributed by atoms with Gasteiger partial charge in [0.05, 0.1) is 0 Å². The maximum atomic E-state index is 12.9. The SMILES string of the molecule is CN(c1ccccc1)c1cc(NCc2ccc(F)cc2)ncn1. The summed E-state index contributed by atoms with van der Waals surface area (Å²) in [5.74, 6) is 1.29. The molecule has 0 saturated heterocycles. The predicted molar refractivity (Wildman–Crippen MR) is 90.3 cm³/mol. The van der Waals surface area contributed by atoms with Gasteiger partial charge in [-0.15, -0.1) is 0 Å². The van der Waals surface area contributed by atoms with E-state index in [0.29, 0.717) is 6.54 Å². The summed E-state index contributed by atoms with van der Waals surface area (Å²) in [5, 5.41) is 3.23. The van der Waals surface area contributed by atoms with Gasteiger partial charge in [0.1, 0.15) is 23.8 Å². The van der Waals surface area contributed by atoms with Gasteiger partial charge in [-0.3, -0.25) is 0 Å². The van der Waals surface area contributed by atoms with Crippen LogP contribution in [0.4, 0.5) is 21.7 Å². The Bertz CT molecular complexity index is 759. The van der Waals surface area contributed by atoms with Crippen molar-refractivity contribution in [3.05, 3.63) is 78.4 Å². The summed E-state index contributed by atoms with van der Waals surface area (Å²) in [7, 11) is 1.96. The lowest BCUT2D eigenvalue weighted by Crippen LogP contribution is -2.12. The minimum absolute atomic E-state index is 0.234. The van der Waals surface area contributed by atoms with Crippen LogP contribution in [0.3, 0.4) is 0 Å². The van der Waals surface area contributed by atoms with Crippen molar-refractivity contribution in [1.29, 1.82) is 0 Å². The van der Waals surface area contributed by atoms with Gasteiger partial charge in [-0.05, 0) is 29.8 Å². The molecule has 0 spiro atoms. The Morgan fingerprint density at radius 2 is 1.74 bits per heavy atom. The number of rotatable bonds is 5. The van der Waals surface area contributed by atoms with E-state index in [1.165, 1.54) is 18.5 Å². The number of nitrogens with one attached hydrogen (secondary N) is 1. The van der Waals surface area contributed by atoms with E-state index in [1.807, 2.05) is 48.3 Å². The highest BCUT2D eigenvalue weighted by Gasteiger charge is 2.06. The van der Waals surface area contributed by atoms with Crippen molar-refractivity contribution in [3.63, 3.8) is 0 Å². The second kappa shape index (κ2) is 6.87. The molecule has 116 valence electrons. The molecular weight excluding hydrogens is 291 g/mol. The summed E-state index contributed by atoms with van der Waals surface area (Å²) in [5.41, 5.74) is 2.04. The summed E-state index contributed by atoms with van der Waals surface area (Å²) in [6, 6.07) is 18.3. The minimum Gasteiger partial charge on any atom is -0.366 e. The number of hydrogen-bond donors (Lipinski definition) is 1. The average molecular weight is 308 g/mol. The topological polar surface area (TPSA) is 41.0 Å². The second-order valence-electron chi connectivity index (χ2n) is 5.14. The van der Waals surface area contributed by atoms with Crippen molar-refractivity contribution in [3.8, 4) is 0 Å². The zero-order chi connectivity index (χ0) is 16.1. The van der Waals surface area contributed by atoms with Crippen molar-refractivity contribution in [2.75, 3.05) is 17.3 Å². The number of hydrogen-bond acceptors (Lipinski definition) is 4. The molecule has 3 rings (SSSR count). The second-order valence-corrected chi connectivity index (χ2v) is 5.14. The van der Waals surface area contributed by atoms with Crippen LogP contribution in [-0.2, 0) is 6.54 Å². The van der Waals surface area contributed by atoms with Crippen LogP contribution in [0.15, 0.2) is 67.0 Å². The average Bonchev–Trinajstić information content (AvgIpc) is 2.61. The molecule has 0 unspecified atom stereocenters. The van der Waals surface area contributed by atoms with Gasteiger partial charge in [0.2, 0.25) is 0 Å². The van der Waals surface area contributed by atoms with Gasteiger partial charge in [0.15, 0.2) is 0 Å². The lowest BCUT2D eigenvalue weighted by Gasteiger charge is -2.18. The zero-order valence-corrected chi connectivity index (χ0v) is 12.8. The molecule has 4 nitrogen and oxygen atoms in total. The lowest BCUT2D eigenvalue weighted by molar-refractivity contribution is 0.627. The highest BCUT2D eigenvalue weighted by molar-refractivity contribution is 5.61. The Morgan fingerprint density at radius 3 is 2.48 bits per heavy atom. The van der Waals surface area contributed by atoms with Crippen molar-refractivity contribution in [1.82, 2.24) is 9.97 Å². The first kappa shape index (κ1) is 15.0. The molecule has 0 atom stereocenters. The van der Waals surface area contributed by atoms with Crippen LogP contribution in [-0.4, -0.2) is 17.0 Å². The van der Waals surface area contributed by atoms with Gasteiger partial charge >= 0.3 is 0 Å². The molecule has 0 amide bonds. The quantitative estimate of drug-likeness (QED) is 0.773. The zero-order valence-electron chi connectivity index (χ0n) is 12.8. The molecule has 3 aromatic rings. The summed E-state index contributed by atoms with van der Waals surface area (Å²) in [6.07, 6.45) is 1.53. The molecule has 5 heteroatoms. The van der Waals surface area contributed by atoms with E-state index in [0.717, 1.165) is 22.9 Å². The lowest BCUT2D eigenvalue weighted by atomic mass is 10.2. The van der Waals surface area contributed by atoms with Gasteiger partial charge < -0.3 is 10.2 Å². The molecule has 0 aliphatic carbocycles. The summed E-state index contributed by atoms with van der Waals surface area (Å²) in [6.45, 7) is 0.575. The van der Waals surface area contributed by atoms with Gasteiger partial charge in [-0.25, -0.2) is 14.4 Å². The molecule has 0 aliphatic rings. The van der Waals surface area contributed by atoms with Crippen LogP contribution in [0.2, 0.25) is 0 Å². The Labute approximate surface area is 134 Å². The number of benzene rings is 2. The third-order valence-electron chi connectivity index (χ3n) is 3.53. The van der Waals surface area contributed by atoms with E-state index in [1.54, 1.807) is 12.1 Å². The van der Waals surface area contributed by atoms with Crippen LogP contribution in [0.5, 0.6) is 0 Å². The van der Waals surface area contributed by atoms with Gasteiger partial charge in [0, 0.05) is 25.3 Å². The normalized spacial score (nSPS) is 10.3. The maximum Gasteiger partial charge on any atom is 0.138 e. The molecule has 0 aliphatic heterocycles. The van der Waals surface area contributed by atoms with Crippen LogP contribution in [0.1, 0.15) is 5.56 Å². The molecule has 2 aromatic carbocycles. The predicted octanol–water partition coefficient (Wildman–Crippen LogP) is 4.00. The standard InChI is InChI=1S/C18H17FN4/c1-23(16-5-3-2-4-6-16)18-11-17(21-13-22-18)20-12-14-7-9-15(19)10-8-14/h2-11,13H,12H2,1H3,(H,20,21,22). The summed E-state index contributed by atoms with van der Waals surface area (Å²) < 4.78 is 12.9. The van der Waals surface area contributed by atoms with Crippen LogP contribution in [0.25, 0.3) is 0 Å². The van der Waals surface area contributed by atoms with Crippen LogP contribution < -0.4 is 10.2 Å². The Balaban J connectivity index is 1.71. The fourth-order valence-electron chi connectivity index (χ4n) is 2.21. The fraction of sp³-hybridized carbons (Fsp3) is 0.111. The Hall–Kier alpha value is -2.95. The third-order valence-corrected chi connectivity index (χ3v) is 3.53. The van der Waals surface area contributed by atoms with E-state index < -0.39 is 0 Å². The van der Waals surface area contributed by atoms with Gasteiger partial charge in [-0.2, -0.15) is 0 Å². The van der Waals surface area contributed by atoms with E-state index in [9.17, 15) is 4.39 Å². The van der Waals surface area contributed by atoms with E-state index in [-0.39, 0.29) is 5.82 Å². The van der Waals surface area contributed by atoms with E-state index in [4.69, 9.17) is 0 Å². The highest BCUT2D eigenvalue weighted by Crippen LogP contribution is 2.22. The molecule has 0 fully saturated rings. The van der Waals surface area contributed by atoms with Crippen molar-refractivity contribution in [2.24, 2.45) is 0 Å².